The summed E-state index contributed by atoms with van der Waals surface area (Å²) in [6, 6.07) is 22.9. The first-order valence-corrected chi connectivity index (χ1v) is 16.6. The van der Waals surface area contributed by atoms with Crippen LogP contribution in [-0.2, 0) is 20.0 Å². The van der Waals surface area contributed by atoms with Gasteiger partial charge in [0.2, 0.25) is 10.0 Å². The number of hydrogen-bond donors (Lipinski definition) is 0. The van der Waals surface area contributed by atoms with Crippen LogP contribution in [0.25, 0.3) is 0 Å². The maximum Gasteiger partial charge on any atom is 0.283 e. The summed E-state index contributed by atoms with van der Waals surface area (Å²) in [5.41, 5.74) is 2.69. The summed E-state index contributed by atoms with van der Waals surface area (Å²) in [4.78, 5) is 4.41. The summed E-state index contributed by atoms with van der Waals surface area (Å²) in [6.07, 6.45) is 2.48. The number of likely N-dealkylation sites (tertiary alicyclic amines) is 1. The van der Waals surface area contributed by atoms with Gasteiger partial charge >= 0.3 is 0 Å². The van der Waals surface area contributed by atoms with E-state index in [4.69, 9.17) is 0 Å². The van der Waals surface area contributed by atoms with E-state index >= 15 is 0 Å². The average Bonchev–Trinajstić information content (AvgIpc) is 3.40. The molecule has 3 aromatic carbocycles. The highest BCUT2D eigenvalue weighted by molar-refractivity contribution is 7.90. The van der Waals surface area contributed by atoms with E-state index in [0.717, 1.165) is 49.0 Å². The number of aryl methyl sites for hydroxylation is 2. The van der Waals surface area contributed by atoms with Crippen LogP contribution >= 0.6 is 0 Å². The predicted octanol–water partition coefficient (Wildman–Crippen LogP) is 4.58. The minimum atomic E-state index is -4.03. The molecule has 1 unspecified atom stereocenters. The van der Waals surface area contributed by atoms with Crippen LogP contribution in [0.5, 0.6) is 0 Å². The number of piperidine rings is 1. The van der Waals surface area contributed by atoms with Gasteiger partial charge in [-0.2, -0.15) is 12.7 Å². The van der Waals surface area contributed by atoms with Crippen molar-refractivity contribution < 1.29 is 16.8 Å². The van der Waals surface area contributed by atoms with Crippen molar-refractivity contribution in [3.05, 3.63) is 95.6 Å². The van der Waals surface area contributed by atoms with Crippen molar-refractivity contribution in [3.8, 4) is 0 Å². The van der Waals surface area contributed by atoms with E-state index in [1.54, 1.807) is 48.5 Å². The summed E-state index contributed by atoms with van der Waals surface area (Å²) in [5, 5.41) is 0. The summed E-state index contributed by atoms with van der Waals surface area (Å²) >= 11 is 0. The van der Waals surface area contributed by atoms with E-state index in [1.807, 2.05) is 49.1 Å². The largest absolute Gasteiger partial charge is 0.336 e. The normalized spacial score (nSPS) is 19.7. The molecule has 5 rings (SSSR count). The Bertz CT molecular complexity index is 1550. The first-order valence-electron chi connectivity index (χ1n) is 13.7. The molecule has 0 N–H and O–H groups in total. The number of rotatable bonds is 7. The van der Waals surface area contributed by atoms with Crippen molar-refractivity contribution in [1.82, 2.24) is 14.1 Å². The van der Waals surface area contributed by atoms with Gasteiger partial charge in [-0.05, 0) is 69.6 Å². The minimum absolute atomic E-state index is 0.119. The molecule has 0 aromatic heterocycles. The van der Waals surface area contributed by atoms with Gasteiger partial charge in [0.15, 0.2) is 0 Å². The van der Waals surface area contributed by atoms with Crippen LogP contribution < -0.4 is 0 Å². The summed E-state index contributed by atoms with van der Waals surface area (Å²) in [7, 11) is -7.91. The zero-order valence-corrected chi connectivity index (χ0v) is 24.6. The van der Waals surface area contributed by atoms with E-state index in [1.165, 1.54) is 4.31 Å². The van der Waals surface area contributed by atoms with Gasteiger partial charge in [0, 0.05) is 13.1 Å². The van der Waals surface area contributed by atoms with Crippen molar-refractivity contribution in [2.75, 3.05) is 32.7 Å². The van der Waals surface area contributed by atoms with Gasteiger partial charge in [-0.25, -0.2) is 8.42 Å². The van der Waals surface area contributed by atoms with Gasteiger partial charge < -0.3 is 4.90 Å². The lowest BCUT2D eigenvalue weighted by Crippen LogP contribution is -2.44. The van der Waals surface area contributed by atoms with Crippen molar-refractivity contribution in [1.29, 1.82) is 0 Å². The number of benzene rings is 3. The zero-order valence-electron chi connectivity index (χ0n) is 23.0. The molecule has 212 valence electrons. The third-order valence-electron chi connectivity index (χ3n) is 7.54. The fraction of sp³-hybridized carbons (Fsp3) is 0.367. The SMILES string of the molecule is Cc1ccc(S(=O)(=O)/N=C(/CN2CCCCC2)N2CCN(S(=O)(=O)c3ccc(C)cc3)C2c2ccccc2)cc1. The summed E-state index contributed by atoms with van der Waals surface area (Å²) in [5.74, 6) is 0.359. The van der Waals surface area contributed by atoms with Gasteiger partial charge in [0.05, 0.1) is 16.3 Å². The van der Waals surface area contributed by atoms with Gasteiger partial charge in [0.25, 0.3) is 10.0 Å². The highest BCUT2D eigenvalue weighted by Gasteiger charge is 2.43. The standard InChI is InChI=1S/C30H36N4O4S2/c1-24-11-15-27(16-12-24)39(35,36)31-29(23-32-19-7-4-8-20-32)33-21-22-34(30(33)26-9-5-3-6-10-26)40(37,38)28-17-13-25(2)14-18-28/h3,5-6,9-18,30H,4,7-8,19-23H2,1-2H3/b31-29-. The maximum absolute atomic E-state index is 14.0. The molecule has 2 heterocycles. The second-order valence-electron chi connectivity index (χ2n) is 10.5. The lowest BCUT2D eigenvalue weighted by Gasteiger charge is -2.35. The van der Waals surface area contributed by atoms with Crippen LogP contribution in [0.3, 0.4) is 0 Å². The molecule has 0 spiro atoms. The van der Waals surface area contributed by atoms with Gasteiger partial charge in [-0.3, -0.25) is 4.90 Å². The second kappa shape index (κ2) is 11.8. The molecule has 0 saturated carbocycles. The number of nitrogens with zero attached hydrogens (tertiary/aromatic N) is 4. The monoisotopic (exact) mass is 580 g/mol. The van der Waals surface area contributed by atoms with E-state index in [9.17, 15) is 16.8 Å². The van der Waals surface area contributed by atoms with Crippen LogP contribution in [-0.4, -0.2) is 69.5 Å². The Balaban J connectivity index is 1.59. The number of amidine groups is 1. The van der Waals surface area contributed by atoms with Crippen LogP contribution in [0, 0.1) is 13.8 Å². The average molecular weight is 581 g/mol. The molecule has 10 heteroatoms. The Morgan fingerprint density at radius 1 is 0.725 bits per heavy atom. The lowest BCUT2D eigenvalue weighted by atomic mass is 10.1. The van der Waals surface area contributed by atoms with Crippen LogP contribution in [0.15, 0.2) is 93.1 Å². The smallest absolute Gasteiger partial charge is 0.283 e. The van der Waals surface area contributed by atoms with Gasteiger partial charge in [-0.1, -0.05) is 72.1 Å². The molecular weight excluding hydrogens is 544 g/mol. The predicted molar refractivity (Wildman–Crippen MR) is 157 cm³/mol. The first-order chi connectivity index (χ1) is 19.1. The molecular formula is C30H36N4O4S2. The van der Waals surface area contributed by atoms with E-state index in [2.05, 4.69) is 9.30 Å². The fourth-order valence-electron chi connectivity index (χ4n) is 5.34. The molecule has 40 heavy (non-hydrogen) atoms. The Hall–Kier alpha value is -3.05. The quantitative estimate of drug-likeness (QED) is 0.300. The molecule has 2 aliphatic rings. The zero-order chi connectivity index (χ0) is 28.3. The lowest BCUT2D eigenvalue weighted by molar-refractivity contribution is 0.235. The molecule has 2 fully saturated rings. The third-order valence-corrected chi connectivity index (χ3v) is 10.7. The third kappa shape index (κ3) is 6.15. The van der Waals surface area contributed by atoms with Crippen LogP contribution in [0.2, 0.25) is 0 Å². The topological polar surface area (TPSA) is 90.4 Å². The van der Waals surface area contributed by atoms with Gasteiger partial charge in [-0.15, -0.1) is 4.40 Å². The Morgan fingerprint density at radius 3 is 1.90 bits per heavy atom. The van der Waals surface area contributed by atoms with Crippen molar-refractivity contribution >= 4 is 25.9 Å². The Morgan fingerprint density at radius 2 is 1.30 bits per heavy atom. The molecule has 0 aliphatic carbocycles. The first kappa shape index (κ1) is 28.5. The maximum atomic E-state index is 14.0. The van der Waals surface area contributed by atoms with E-state index < -0.39 is 26.2 Å². The van der Waals surface area contributed by atoms with Gasteiger partial charge in [0.1, 0.15) is 12.0 Å². The van der Waals surface area contributed by atoms with Crippen LogP contribution in [0.1, 0.15) is 42.1 Å². The Kier molecular flexibility index (Phi) is 8.42. The van der Waals surface area contributed by atoms with Crippen LogP contribution in [0.4, 0.5) is 0 Å². The van der Waals surface area contributed by atoms with E-state index in [-0.39, 0.29) is 16.3 Å². The molecule has 3 aromatic rings. The molecule has 2 aliphatic heterocycles. The fourth-order valence-corrected chi connectivity index (χ4v) is 7.93. The molecule has 2 saturated heterocycles. The molecule has 8 nitrogen and oxygen atoms in total. The molecule has 0 amide bonds. The second-order valence-corrected chi connectivity index (χ2v) is 14.0. The van der Waals surface area contributed by atoms with Crippen molar-refractivity contribution in [2.24, 2.45) is 4.40 Å². The highest BCUT2D eigenvalue weighted by atomic mass is 32.2. The number of hydrogen-bond acceptors (Lipinski definition) is 5. The highest BCUT2D eigenvalue weighted by Crippen LogP contribution is 2.36. The summed E-state index contributed by atoms with van der Waals surface area (Å²) in [6.45, 7) is 6.36. The molecule has 0 bridgehead atoms. The minimum Gasteiger partial charge on any atom is -0.336 e. The summed E-state index contributed by atoms with van der Waals surface area (Å²) < 4.78 is 60.9. The molecule has 0 radical (unpaired) electrons. The van der Waals surface area contributed by atoms with Crippen molar-refractivity contribution in [2.45, 2.75) is 49.1 Å². The Labute approximate surface area is 238 Å². The van der Waals surface area contributed by atoms with E-state index in [0.29, 0.717) is 18.9 Å². The van der Waals surface area contributed by atoms with Crippen molar-refractivity contribution in [3.63, 3.8) is 0 Å². The molecule has 1 atom stereocenters. The number of sulfonamides is 2.